The lowest BCUT2D eigenvalue weighted by atomic mass is 10.2. The predicted molar refractivity (Wildman–Crippen MR) is 127 cm³/mol. The normalized spacial score (nSPS) is 15.1. The average molecular weight is 486 g/mol. The van der Waals surface area contributed by atoms with Gasteiger partial charge in [-0.25, -0.2) is 15.0 Å². The van der Waals surface area contributed by atoms with E-state index >= 15 is 0 Å². The summed E-state index contributed by atoms with van der Waals surface area (Å²) in [4.78, 5) is 39.7. The smallest absolute Gasteiger partial charge is 0.262 e. The topological polar surface area (TPSA) is 167 Å². The van der Waals surface area contributed by atoms with E-state index in [-0.39, 0.29) is 40.7 Å². The van der Waals surface area contributed by atoms with Crippen LogP contribution in [0.3, 0.4) is 0 Å². The molecule has 13 heteroatoms. The van der Waals surface area contributed by atoms with Crippen LogP contribution < -0.4 is 26.1 Å². The molecule has 0 spiro atoms. The summed E-state index contributed by atoms with van der Waals surface area (Å²) < 4.78 is 17.8. The first-order valence-electron chi connectivity index (χ1n) is 10.9. The molecule has 2 aromatic heterocycles. The number of carbonyl (C=O) groups is 1. The molecule has 0 saturated carbocycles. The molecule has 0 aliphatic carbocycles. The number of nitrogen functional groups attached to an aromatic ring is 1. The number of aliphatic hydroxyl groups is 1. The molecule has 1 aliphatic heterocycles. The molecule has 1 amide bonds. The van der Waals surface area contributed by atoms with Crippen molar-refractivity contribution >= 4 is 28.7 Å². The maximum Gasteiger partial charge on any atom is 0.262 e. The SMILES string of the molecule is COc1c(OC[C@H](O)CN2CCOCC2)ccc2c(=O)n(C)c(NC(=O)c3cnc(N)nc3)nc12. The highest BCUT2D eigenvalue weighted by atomic mass is 16.5. The standard InChI is InChI=1S/C22H27N7O6/c1-28-20(32)15-3-4-16(35-12-14(30)11-29-5-7-34-8-6-29)18(33-2)17(15)26-22(28)27-19(31)13-9-24-21(23)25-10-13/h3-4,9-10,14,30H,5-8,11-12H2,1-2H3,(H2,23,24,25)(H,26,27,31)/t14-/m1/s1. The summed E-state index contributed by atoms with van der Waals surface area (Å²) in [5, 5.41) is 13.3. The molecule has 1 aromatic carbocycles. The number of fused-ring (bicyclic) bond motifs is 1. The predicted octanol–water partition coefficient (Wildman–Crippen LogP) is -0.361. The number of hydrogen-bond donors (Lipinski definition) is 3. The fourth-order valence-corrected chi connectivity index (χ4v) is 3.67. The number of carbonyl (C=O) groups excluding carboxylic acids is 1. The minimum atomic E-state index is -0.734. The van der Waals surface area contributed by atoms with Crippen molar-refractivity contribution in [3.05, 3.63) is 40.4 Å². The van der Waals surface area contributed by atoms with Crippen LogP contribution in [0.25, 0.3) is 10.9 Å². The van der Waals surface area contributed by atoms with Gasteiger partial charge in [0.2, 0.25) is 11.9 Å². The number of morpholine rings is 1. The Hall–Kier alpha value is -3.81. The van der Waals surface area contributed by atoms with E-state index in [1.807, 2.05) is 0 Å². The Balaban J connectivity index is 1.57. The molecule has 0 radical (unpaired) electrons. The number of aliphatic hydroxyl groups excluding tert-OH is 1. The number of rotatable bonds is 8. The van der Waals surface area contributed by atoms with Crippen molar-refractivity contribution in [2.45, 2.75) is 6.10 Å². The maximum absolute atomic E-state index is 13.0. The van der Waals surface area contributed by atoms with Gasteiger partial charge in [0.15, 0.2) is 11.5 Å². The average Bonchev–Trinajstić information content (AvgIpc) is 2.86. The molecule has 1 saturated heterocycles. The Morgan fingerprint density at radius 2 is 2.00 bits per heavy atom. The number of methoxy groups -OCH3 is 1. The van der Waals surface area contributed by atoms with Gasteiger partial charge in [-0.3, -0.25) is 24.4 Å². The van der Waals surface area contributed by atoms with E-state index in [2.05, 4.69) is 25.2 Å². The summed E-state index contributed by atoms with van der Waals surface area (Å²) in [5.74, 6) is -0.0159. The zero-order valence-electron chi connectivity index (χ0n) is 19.4. The summed E-state index contributed by atoms with van der Waals surface area (Å²) in [6, 6.07) is 3.16. The van der Waals surface area contributed by atoms with E-state index in [1.54, 1.807) is 12.1 Å². The molecule has 0 bridgehead atoms. The Morgan fingerprint density at radius 1 is 1.29 bits per heavy atom. The number of aromatic nitrogens is 4. The van der Waals surface area contributed by atoms with Crippen molar-refractivity contribution in [2.75, 3.05) is 57.6 Å². The van der Waals surface area contributed by atoms with Crippen LogP contribution in [0.1, 0.15) is 10.4 Å². The number of benzene rings is 1. The lowest BCUT2D eigenvalue weighted by Gasteiger charge is -2.28. The summed E-state index contributed by atoms with van der Waals surface area (Å²) in [7, 11) is 2.91. The molecule has 0 unspecified atom stereocenters. The molecule has 3 aromatic rings. The third kappa shape index (κ3) is 5.48. The van der Waals surface area contributed by atoms with E-state index < -0.39 is 17.6 Å². The van der Waals surface area contributed by atoms with Gasteiger partial charge in [-0.15, -0.1) is 0 Å². The van der Waals surface area contributed by atoms with Crippen molar-refractivity contribution in [1.29, 1.82) is 0 Å². The monoisotopic (exact) mass is 485 g/mol. The number of anilines is 2. The highest BCUT2D eigenvalue weighted by molar-refractivity contribution is 6.03. The highest BCUT2D eigenvalue weighted by Gasteiger charge is 2.20. The molecule has 4 rings (SSSR count). The van der Waals surface area contributed by atoms with Gasteiger partial charge in [0.25, 0.3) is 11.5 Å². The third-order valence-electron chi connectivity index (χ3n) is 5.53. The van der Waals surface area contributed by atoms with Crippen LogP contribution in [0.4, 0.5) is 11.9 Å². The zero-order chi connectivity index (χ0) is 24.9. The van der Waals surface area contributed by atoms with Crippen molar-refractivity contribution in [3.8, 4) is 11.5 Å². The highest BCUT2D eigenvalue weighted by Crippen LogP contribution is 2.34. The van der Waals surface area contributed by atoms with Crippen molar-refractivity contribution in [3.63, 3.8) is 0 Å². The first kappa shape index (κ1) is 24.3. The zero-order valence-corrected chi connectivity index (χ0v) is 19.4. The summed E-state index contributed by atoms with van der Waals surface area (Å²) in [6.07, 6.45) is 1.80. The molecule has 186 valence electrons. The molecule has 13 nitrogen and oxygen atoms in total. The van der Waals surface area contributed by atoms with E-state index in [4.69, 9.17) is 19.9 Å². The second-order valence-electron chi connectivity index (χ2n) is 7.95. The Labute approximate surface area is 200 Å². The van der Waals surface area contributed by atoms with Gasteiger partial charge in [-0.1, -0.05) is 0 Å². The van der Waals surface area contributed by atoms with Crippen LogP contribution in [-0.2, 0) is 11.8 Å². The van der Waals surface area contributed by atoms with E-state index in [1.165, 1.54) is 31.1 Å². The van der Waals surface area contributed by atoms with Crippen LogP contribution >= 0.6 is 0 Å². The van der Waals surface area contributed by atoms with Gasteiger partial charge in [0, 0.05) is 39.1 Å². The van der Waals surface area contributed by atoms with Crippen LogP contribution in [0.15, 0.2) is 29.3 Å². The Bertz CT molecular complexity index is 1260. The summed E-state index contributed by atoms with van der Waals surface area (Å²) in [6.45, 7) is 3.24. The lowest BCUT2D eigenvalue weighted by Crippen LogP contribution is -2.42. The van der Waals surface area contributed by atoms with Gasteiger partial charge < -0.3 is 25.1 Å². The number of nitrogens with one attached hydrogen (secondary N) is 1. The second-order valence-corrected chi connectivity index (χ2v) is 7.95. The summed E-state index contributed by atoms with van der Waals surface area (Å²) >= 11 is 0. The molecule has 1 aliphatic rings. The summed E-state index contributed by atoms with van der Waals surface area (Å²) in [5.41, 5.74) is 5.42. The van der Waals surface area contributed by atoms with Gasteiger partial charge in [0.1, 0.15) is 18.2 Å². The number of nitrogens with two attached hydrogens (primary N) is 1. The fourth-order valence-electron chi connectivity index (χ4n) is 3.67. The second kappa shape index (κ2) is 10.6. The van der Waals surface area contributed by atoms with Crippen LogP contribution in [0.5, 0.6) is 11.5 Å². The third-order valence-corrected chi connectivity index (χ3v) is 5.53. The van der Waals surface area contributed by atoms with Crippen LogP contribution in [0.2, 0.25) is 0 Å². The first-order chi connectivity index (χ1) is 16.9. The van der Waals surface area contributed by atoms with Gasteiger partial charge >= 0.3 is 0 Å². The lowest BCUT2D eigenvalue weighted by molar-refractivity contribution is 0.00447. The molecular weight excluding hydrogens is 458 g/mol. The molecule has 3 heterocycles. The van der Waals surface area contributed by atoms with Gasteiger partial charge in [-0.05, 0) is 12.1 Å². The van der Waals surface area contributed by atoms with Crippen molar-refractivity contribution < 1.29 is 24.1 Å². The van der Waals surface area contributed by atoms with Crippen molar-refractivity contribution in [1.82, 2.24) is 24.4 Å². The molecule has 35 heavy (non-hydrogen) atoms. The van der Waals surface area contributed by atoms with E-state index in [9.17, 15) is 14.7 Å². The number of ether oxygens (including phenoxy) is 3. The molecule has 4 N–H and O–H groups in total. The minimum Gasteiger partial charge on any atom is -0.491 e. The maximum atomic E-state index is 13.0. The van der Waals surface area contributed by atoms with Crippen molar-refractivity contribution in [2.24, 2.45) is 7.05 Å². The molecule has 1 fully saturated rings. The molecule has 1 atom stereocenters. The number of nitrogens with zero attached hydrogens (tertiary/aromatic N) is 5. The number of amides is 1. The Kier molecular flexibility index (Phi) is 7.39. The number of hydrogen-bond acceptors (Lipinski definition) is 11. The Morgan fingerprint density at radius 3 is 2.69 bits per heavy atom. The van der Waals surface area contributed by atoms with E-state index in [0.717, 1.165) is 13.1 Å². The quantitative estimate of drug-likeness (QED) is 0.381. The van der Waals surface area contributed by atoms with Gasteiger partial charge in [-0.2, -0.15) is 0 Å². The first-order valence-corrected chi connectivity index (χ1v) is 10.9. The van der Waals surface area contributed by atoms with Crippen LogP contribution in [-0.4, -0.2) is 88.1 Å². The van der Waals surface area contributed by atoms with Gasteiger partial charge in [0.05, 0.1) is 31.3 Å². The van der Waals surface area contributed by atoms with E-state index in [0.29, 0.717) is 25.5 Å². The molecular formula is C22H27N7O6. The minimum absolute atomic E-state index is 0.00729. The number of β-amino-alcohol motifs (C(OH)–C–C–N with tert-alkyl or cyclic N) is 1. The van der Waals surface area contributed by atoms with Crippen LogP contribution in [0, 0.1) is 0 Å². The fraction of sp³-hybridized carbons (Fsp3) is 0.409. The largest absolute Gasteiger partial charge is 0.491 e.